The fourth-order valence-electron chi connectivity index (χ4n) is 2.97. The molecule has 2 aromatic rings. The van der Waals surface area contributed by atoms with Crippen molar-refractivity contribution in [1.29, 1.82) is 0 Å². The number of nitrogens with zero attached hydrogens (tertiary/aromatic N) is 1. The second kappa shape index (κ2) is 14.9. The van der Waals surface area contributed by atoms with Crippen LogP contribution in [0.15, 0.2) is 47.6 Å². The molecule has 2 rings (SSSR count). The van der Waals surface area contributed by atoms with Gasteiger partial charge in [0.1, 0.15) is 0 Å². The van der Waals surface area contributed by atoms with E-state index in [1.165, 1.54) is 6.08 Å². The number of allylic oxidation sites excluding steroid dienone is 1. The van der Waals surface area contributed by atoms with Gasteiger partial charge in [0.05, 0.1) is 22.9 Å². The summed E-state index contributed by atoms with van der Waals surface area (Å²) in [6.07, 6.45) is -11.4. The molecule has 0 fully saturated rings. The molecule has 0 saturated heterocycles. The first-order valence-corrected chi connectivity index (χ1v) is 11.5. The molecule has 2 nitrogen and oxygen atoms in total. The van der Waals surface area contributed by atoms with Gasteiger partial charge in [0.2, 0.25) is 0 Å². The van der Waals surface area contributed by atoms with E-state index in [2.05, 4.69) is 5.16 Å². The molecule has 0 saturated carbocycles. The lowest BCUT2D eigenvalue weighted by molar-refractivity contribution is -0.143. The van der Waals surface area contributed by atoms with Crippen LogP contribution in [0.5, 0.6) is 0 Å². The smallest absolute Gasteiger partial charge is 0.411 e. The van der Waals surface area contributed by atoms with E-state index in [4.69, 9.17) is 16.8 Å². The van der Waals surface area contributed by atoms with Crippen molar-refractivity contribution in [2.75, 3.05) is 0 Å². The van der Waals surface area contributed by atoms with Crippen LogP contribution in [0.25, 0.3) is 6.08 Å². The Bertz CT molecular complexity index is 994. The minimum absolute atomic E-state index is 0.000715. The molecule has 0 aliphatic carbocycles. The van der Waals surface area contributed by atoms with Crippen LogP contribution in [0, 0.1) is 0 Å². The van der Waals surface area contributed by atoms with E-state index in [9.17, 15) is 39.5 Å². The zero-order chi connectivity index (χ0) is 29.0. The molecule has 0 amide bonds. The molecule has 0 radical (unpaired) electrons. The maximum atomic E-state index is 13.0. The van der Waals surface area contributed by atoms with Gasteiger partial charge in [-0.15, -0.1) is 5.16 Å². The van der Waals surface area contributed by atoms with E-state index in [1.807, 2.05) is 27.7 Å². The molecule has 0 aromatic heterocycles. The maximum Gasteiger partial charge on any atom is 0.416 e. The first kappa shape index (κ1) is 34.3. The topological polar surface area (TPSA) is 32.6 Å². The summed E-state index contributed by atoms with van der Waals surface area (Å²) in [6.45, 7) is 8.00. The predicted molar refractivity (Wildman–Crippen MR) is 127 cm³/mol. The van der Waals surface area contributed by atoms with Crippen molar-refractivity contribution in [2.45, 2.75) is 65.0 Å². The second-order valence-electron chi connectivity index (χ2n) is 6.92. The molecule has 0 aliphatic rings. The molecule has 0 spiro atoms. The van der Waals surface area contributed by atoms with Crippen molar-refractivity contribution < 1.29 is 44.7 Å². The van der Waals surface area contributed by atoms with Crippen LogP contribution < -0.4 is 0 Å². The highest BCUT2D eigenvalue weighted by Crippen LogP contribution is 2.37. The fraction of sp³-hybridized carbons (Fsp3) is 0.400. The number of benzene rings is 2. The van der Waals surface area contributed by atoms with E-state index in [1.54, 1.807) is 0 Å². The minimum atomic E-state index is -4.99. The molecule has 1 atom stereocenters. The Hall–Kier alpha value is -2.69. The summed E-state index contributed by atoms with van der Waals surface area (Å²) in [7, 11) is 0. The van der Waals surface area contributed by atoms with Crippen LogP contribution >= 0.6 is 11.6 Å². The summed E-state index contributed by atoms with van der Waals surface area (Å²) in [5.74, 6) is -0.901. The molecule has 1 unspecified atom stereocenters. The fourth-order valence-corrected chi connectivity index (χ4v) is 3.22. The van der Waals surface area contributed by atoms with Crippen molar-refractivity contribution in [1.82, 2.24) is 0 Å². The summed E-state index contributed by atoms with van der Waals surface area (Å²) < 4.78 is 117. The molecular weight excluding hydrogens is 537 g/mol. The van der Waals surface area contributed by atoms with Gasteiger partial charge in [0.25, 0.3) is 0 Å². The Balaban J connectivity index is 0.00000308. The van der Waals surface area contributed by atoms with Gasteiger partial charge in [0.15, 0.2) is 0 Å². The lowest BCUT2D eigenvalue weighted by Gasteiger charge is -2.16. The third-order valence-corrected chi connectivity index (χ3v) is 4.88. The predicted octanol–water partition coefficient (Wildman–Crippen LogP) is 10.5. The zero-order valence-corrected chi connectivity index (χ0v) is 21.1. The van der Waals surface area contributed by atoms with Gasteiger partial charge in [0, 0.05) is 10.9 Å². The molecule has 0 heterocycles. The minimum Gasteiger partial charge on any atom is -0.411 e. The Morgan fingerprint density at radius 1 is 0.784 bits per heavy atom. The summed E-state index contributed by atoms with van der Waals surface area (Å²) in [4.78, 5) is 0. The van der Waals surface area contributed by atoms with Gasteiger partial charge in [-0.3, -0.25) is 0 Å². The summed E-state index contributed by atoms with van der Waals surface area (Å²) in [6, 6.07) is 3.66. The van der Waals surface area contributed by atoms with Crippen LogP contribution in [-0.4, -0.2) is 11.4 Å². The van der Waals surface area contributed by atoms with Crippen molar-refractivity contribution in [3.8, 4) is 0 Å². The lowest BCUT2D eigenvalue weighted by atomic mass is 9.93. The number of hydrogen-bond acceptors (Lipinski definition) is 2. The Morgan fingerprint density at radius 3 is 1.70 bits per heavy atom. The van der Waals surface area contributed by atoms with Crippen LogP contribution in [0.3, 0.4) is 0 Å². The molecule has 0 aliphatic heterocycles. The van der Waals surface area contributed by atoms with Gasteiger partial charge < -0.3 is 5.21 Å². The highest BCUT2D eigenvalue weighted by molar-refractivity contribution is 6.31. The molecule has 2 aromatic carbocycles. The van der Waals surface area contributed by atoms with E-state index in [0.29, 0.717) is 12.1 Å². The molecular formula is C25H27ClF9NO. The number of oxime groups is 1. The molecule has 1 N–H and O–H groups in total. The van der Waals surface area contributed by atoms with Gasteiger partial charge in [-0.2, -0.15) is 39.5 Å². The number of rotatable bonds is 6. The van der Waals surface area contributed by atoms with E-state index in [-0.39, 0.29) is 35.1 Å². The second-order valence-corrected chi connectivity index (χ2v) is 7.33. The summed E-state index contributed by atoms with van der Waals surface area (Å²) >= 11 is 5.96. The zero-order valence-electron chi connectivity index (χ0n) is 20.4. The van der Waals surface area contributed by atoms with Crippen LogP contribution in [0.1, 0.15) is 74.3 Å². The van der Waals surface area contributed by atoms with Crippen molar-refractivity contribution in [3.05, 3.63) is 75.3 Å². The normalized spacial score (nSPS) is 13.1. The Labute approximate surface area is 214 Å². The standard InChI is InChI=1S/C21H15ClF9NO.2C2H6/c22-18-6-5-14(19(23,24)25)10-17(18)13(11-32-33)4-2-1-3-12-7-15(20(26,27)28)9-16(8-12)21(29,30)31;2*1-2/h1,3,5-11,13,33H,2,4H2;2*1-2H3/b3-1-,32-11+;;. The summed E-state index contributed by atoms with van der Waals surface area (Å²) in [5, 5.41) is 11.6. The first-order valence-electron chi connectivity index (χ1n) is 11.1. The van der Waals surface area contributed by atoms with E-state index < -0.39 is 41.1 Å². The van der Waals surface area contributed by atoms with Crippen LogP contribution in [-0.2, 0) is 18.5 Å². The summed E-state index contributed by atoms with van der Waals surface area (Å²) in [5.41, 5.74) is -4.30. The SMILES string of the molecule is CC.CC.O/N=C/C(CC/C=C\c1cc(C(F)(F)F)cc(C(F)(F)F)c1)c1cc(C(F)(F)F)ccc1Cl. The monoisotopic (exact) mass is 563 g/mol. The average Bonchev–Trinajstić information content (AvgIpc) is 2.82. The molecule has 37 heavy (non-hydrogen) atoms. The van der Waals surface area contributed by atoms with Gasteiger partial charge in [-0.1, -0.05) is 51.4 Å². The third kappa shape index (κ3) is 11.1. The van der Waals surface area contributed by atoms with Crippen LogP contribution in [0.4, 0.5) is 39.5 Å². The highest BCUT2D eigenvalue weighted by Gasteiger charge is 2.36. The van der Waals surface area contributed by atoms with E-state index >= 15 is 0 Å². The van der Waals surface area contributed by atoms with E-state index in [0.717, 1.165) is 30.5 Å². The van der Waals surface area contributed by atoms with Crippen molar-refractivity contribution in [3.63, 3.8) is 0 Å². The van der Waals surface area contributed by atoms with Crippen molar-refractivity contribution in [2.24, 2.45) is 5.16 Å². The quantitative estimate of drug-likeness (QED) is 0.161. The largest absolute Gasteiger partial charge is 0.416 e. The first-order chi connectivity index (χ1) is 17.1. The number of halogens is 10. The average molecular weight is 564 g/mol. The molecule has 0 bridgehead atoms. The Kier molecular flexibility index (Phi) is 13.8. The van der Waals surface area contributed by atoms with Gasteiger partial charge in [-0.25, -0.2) is 0 Å². The maximum absolute atomic E-state index is 13.0. The van der Waals surface area contributed by atoms with Crippen LogP contribution in [0.2, 0.25) is 5.02 Å². The lowest BCUT2D eigenvalue weighted by Crippen LogP contribution is -2.11. The number of hydrogen-bond donors (Lipinski definition) is 1. The molecule has 12 heteroatoms. The molecule has 208 valence electrons. The number of alkyl halides is 9. The van der Waals surface area contributed by atoms with Crippen molar-refractivity contribution >= 4 is 23.9 Å². The third-order valence-electron chi connectivity index (χ3n) is 4.53. The highest BCUT2D eigenvalue weighted by atomic mass is 35.5. The Morgan fingerprint density at radius 2 is 1.27 bits per heavy atom. The van der Waals surface area contributed by atoms with Gasteiger partial charge in [-0.05, 0) is 60.4 Å². The van der Waals surface area contributed by atoms with Gasteiger partial charge >= 0.3 is 18.5 Å².